The molecule has 0 aliphatic rings. The van der Waals surface area contributed by atoms with Gasteiger partial charge in [0.1, 0.15) is 5.69 Å². The van der Waals surface area contributed by atoms with Crippen LogP contribution in [0.5, 0.6) is 0 Å². The van der Waals surface area contributed by atoms with Gasteiger partial charge in [0.25, 0.3) is 5.69 Å². The third kappa shape index (κ3) is 3.46. The predicted molar refractivity (Wildman–Crippen MR) is 67.2 cm³/mol. The summed E-state index contributed by atoms with van der Waals surface area (Å²) >= 11 is 1.21. The zero-order chi connectivity index (χ0) is 12.8. The molecule has 0 unspecified atom stereocenters. The van der Waals surface area contributed by atoms with Gasteiger partial charge in [-0.3, -0.25) is 15.4 Å². The number of hydrogen-bond donors (Lipinski definition) is 1. The highest BCUT2D eigenvalue weighted by molar-refractivity contribution is 8.13. The summed E-state index contributed by atoms with van der Waals surface area (Å²) in [6, 6.07) is 4.74. The van der Waals surface area contributed by atoms with E-state index in [1.807, 2.05) is 0 Å². The van der Waals surface area contributed by atoms with E-state index in [2.05, 4.69) is 10.3 Å². The summed E-state index contributed by atoms with van der Waals surface area (Å²) in [7, 11) is 0. The number of nitro benzene ring substituents is 1. The number of benzene rings is 1. The topological polar surface area (TPSA) is 91.3 Å². The highest BCUT2D eigenvalue weighted by Crippen LogP contribution is 2.28. The summed E-state index contributed by atoms with van der Waals surface area (Å²) in [5.74, 6) is 0. The van der Waals surface area contributed by atoms with Crippen LogP contribution in [0, 0.1) is 28.5 Å². The van der Waals surface area contributed by atoms with Crippen LogP contribution in [0.4, 0.5) is 11.4 Å². The van der Waals surface area contributed by atoms with Gasteiger partial charge < -0.3 is 0 Å². The second kappa shape index (κ2) is 5.86. The minimum Gasteiger partial charge on any atom is -0.271 e. The lowest BCUT2D eigenvalue weighted by Gasteiger charge is -2.01. The molecule has 1 aromatic carbocycles. The normalized spacial score (nSPS) is 10.8. The van der Waals surface area contributed by atoms with Crippen molar-refractivity contribution in [1.29, 1.82) is 5.26 Å². The van der Waals surface area contributed by atoms with Gasteiger partial charge in [-0.25, -0.2) is 4.99 Å². The molecule has 0 aliphatic carbocycles. The number of thioether (sulfide) groups is 1. The van der Waals surface area contributed by atoms with Crippen molar-refractivity contribution in [2.24, 2.45) is 4.99 Å². The van der Waals surface area contributed by atoms with Crippen LogP contribution >= 0.6 is 11.8 Å². The van der Waals surface area contributed by atoms with Gasteiger partial charge >= 0.3 is 0 Å². The number of nitrogens with zero attached hydrogens (tertiary/aromatic N) is 3. The lowest BCUT2D eigenvalue weighted by molar-refractivity contribution is -0.384. The van der Waals surface area contributed by atoms with Crippen LogP contribution < -0.4 is 5.32 Å². The number of aryl methyl sites for hydroxylation is 1. The molecule has 1 rings (SSSR count). The first kappa shape index (κ1) is 13.0. The Labute approximate surface area is 103 Å². The fourth-order valence-electron chi connectivity index (χ4n) is 1.16. The predicted octanol–water partition coefficient (Wildman–Crippen LogP) is 2.32. The average Bonchev–Trinajstić information content (AvgIpc) is 2.30. The van der Waals surface area contributed by atoms with E-state index in [-0.39, 0.29) is 11.4 Å². The van der Waals surface area contributed by atoms with Gasteiger partial charge in [0.15, 0.2) is 11.4 Å². The Kier molecular flexibility index (Phi) is 4.48. The number of hydrogen-bond acceptors (Lipinski definition) is 5. The van der Waals surface area contributed by atoms with Crippen molar-refractivity contribution in [3.05, 3.63) is 33.9 Å². The number of nitrogens with one attached hydrogen (secondary N) is 1. The number of amidine groups is 1. The van der Waals surface area contributed by atoms with Crippen molar-refractivity contribution in [3.63, 3.8) is 0 Å². The Morgan fingerprint density at radius 3 is 2.88 bits per heavy atom. The van der Waals surface area contributed by atoms with Gasteiger partial charge in [-0.15, -0.1) is 0 Å². The van der Waals surface area contributed by atoms with E-state index < -0.39 is 4.92 Å². The van der Waals surface area contributed by atoms with Gasteiger partial charge in [-0.1, -0.05) is 17.8 Å². The molecule has 0 bridgehead atoms. The Morgan fingerprint density at radius 1 is 1.65 bits per heavy atom. The lowest BCUT2D eigenvalue weighted by Crippen LogP contribution is -2.12. The maximum atomic E-state index is 10.8. The summed E-state index contributed by atoms with van der Waals surface area (Å²) in [6.07, 6.45) is 3.45. The van der Waals surface area contributed by atoms with E-state index >= 15 is 0 Å². The standard InChI is InChI=1S/C10H10N4O2S/c1-7-3-4-8(9(5-7)14(15)16)13-10(17-2)12-6-11/h3-5H,1-2H3,(H,12,13). The van der Waals surface area contributed by atoms with Gasteiger partial charge in [-0.05, 0) is 24.8 Å². The van der Waals surface area contributed by atoms with Crippen LogP contribution in [0.3, 0.4) is 0 Å². The molecule has 1 aromatic rings. The second-order valence-corrected chi connectivity index (χ2v) is 3.90. The smallest absolute Gasteiger partial charge is 0.271 e. The van der Waals surface area contributed by atoms with Crippen molar-refractivity contribution < 1.29 is 4.92 Å². The molecular formula is C10H10N4O2S. The van der Waals surface area contributed by atoms with Gasteiger partial charge in [-0.2, -0.15) is 5.26 Å². The minimum absolute atomic E-state index is 0.0729. The summed E-state index contributed by atoms with van der Waals surface area (Å²) in [6.45, 7) is 1.77. The fraction of sp³-hybridized carbons (Fsp3) is 0.200. The van der Waals surface area contributed by atoms with Crippen LogP contribution in [0.2, 0.25) is 0 Å². The Morgan fingerprint density at radius 2 is 2.35 bits per heavy atom. The molecule has 0 saturated carbocycles. The van der Waals surface area contributed by atoms with Crippen molar-refractivity contribution in [2.45, 2.75) is 6.92 Å². The molecule has 17 heavy (non-hydrogen) atoms. The van der Waals surface area contributed by atoms with E-state index in [0.717, 1.165) is 5.56 Å². The SMILES string of the molecule is CSC(=Nc1ccc(C)cc1[N+](=O)[O-])NC#N. The molecular weight excluding hydrogens is 240 g/mol. The van der Waals surface area contributed by atoms with E-state index in [0.29, 0.717) is 5.17 Å². The first-order chi connectivity index (χ1) is 8.08. The first-order valence-corrected chi connectivity index (χ1v) is 5.83. The monoisotopic (exact) mass is 250 g/mol. The third-order valence-electron chi connectivity index (χ3n) is 1.91. The van der Waals surface area contributed by atoms with Crippen LogP contribution in [0.15, 0.2) is 23.2 Å². The molecule has 0 fully saturated rings. The quantitative estimate of drug-likeness (QED) is 0.217. The summed E-state index contributed by atoms with van der Waals surface area (Å²) in [5, 5.41) is 22.0. The molecule has 0 radical (unpaired) electrons. The molecule has 0 aliphatic heterocycles. The van der Waals surface area contributed by atoms with Crippen LogP contribution in [0.1, 0.15) is 5.56 Å². The minimum atomic E-state index is -0.490. The van der Waals surface area contributed by atoms with Gasteiger partial charge in [0.05, 0.1) is 4.92 Å². The summed E-state index contributed by atoms with van der Waals surface area (Å²) < 4.78 is 0. The highest BCUT2D eigenvalue weighted by Gasteiger charge is 2.13. The molecule has 1 N–H and O–H groups in total. The molecule has 0 saturated heterocycles. The van der Waals surface area contributed by atoms with Crippen molar-refractivity contribution in [3.8, 4) is 6.19 Å². The molecule has 0 aromatic heterocycles. The maximum absolute atomic E-state index is 10.8. The number of nitro groups is 1. The Bertz CT molecular complexity index is 508. The number of aliphatic imine (C=N–C) groups is 1. The van der Waals surface area contributed by atoms with E-state index in [9.17, 15) is 10.1 Å². The molecule has 0 atom stereocenters. The Hall–Kier alpha value is -2.07. The molecule has 88 valence electrons. The lowest BCUT2D eigenvalue weighted by atomic mass is 10.2. The Balaban J connectivity index is 3.22. The first-order valence-electron chi connectivity index (χ1n) is 4.61. The van der Waals surface area contributed by atoms with Crippen molar-refractivity contribution in [2.75, 3.05) is 6.26 Å². The zero-order valence-corrected chi connectivity index (χ0v) is 10.1. The average molecular weight is 250 g/mol. The van der Waals surface area contributed by atoms with Gasteiger partial charge in [0.2, 0.25) is 0 Å². The van der Waals surface area contributed by atoms with Crippen LogP contribution in [-0.4, -0.2) is 16.3 Å². The van der Waals surface area contributed by atoms with Crippen LogP contribution in [0.25, 0.3) is 0 Å². The maximum Gasteiger partial charge on any atom is 0.295 e. The van der Waals surface area contributed by atoms with E-state index in [4.69, 9.17) is 5.26 Å². The van der Waals surface area contributed by atoms with E-state index in [1.54, 1.807) is 31.5 Å². The van der Waals surface area contributed by atoms with Gasteiger partial charge in [0, 0.05) is 6.07 Å². The number of rotatable bonds is 2. The molecule has 0 amide bonds. The zero-order valence-electron chi connectivity index (χ0n) is 9.30. The van der Waals surface area contributed by atoms with E-state index in [1.165, 1.54) is 17.8 Å². The summed E-state index contributed by atoms with van der Waals surface area (Å²) in [4.78, 5) is 14.4. The third-order valence-corrected chi connectivity index (χ3v) is 2.49. The largest absolute Gasteiger partial charge is 0.295 e. The number of nitriles is 1. The highest BCUT2D eigenvalue weighted by atomic mass is 32.2. The molecule has 6 nitrogen and oxygen atoms in total. The fourth-order valence-corrected chi connectivity index (χ4v) is 1.49. The molecule has 0 heterocycles. The molecule has 7 heteroatoms. The van der Waals surface area contributed by atoms with Crippen molar-refractivity contribution >= 4 is 28.3 Å². The summed E-state index contributed by atoms with van der Waals surface area (Å²) in [5.41, 5.74) is 0.943. The second-order valence-electron chi connectivity index (χ2n) is 3.11. The van der Waals surface area contributed by atoms with Crippen LogP contribution in [-0.2, 0) is 0 Å². The van der Waals surface area contributed by atoms with Crippen molar-refractivity contribution in [1.82, 2.24) is 5.32 Å². The molecule has 0 spiro atoms.